The molecule has 3 N–H and O–H groups in total. The number of hydrogen-bond acceptors (Lipinski definition) is 9. The van der Waals surface area contributed by atoms with E-state index in [1.165, 1.54) is 12.1 Å². The lowest BCUT2D eigenvalue weighted by atomic mass is 9.77. The van der Waals surface area contributed by atoms with Crippen LogP contribution in [-0.2, 0) is 45.3 Å². The van der Waals surface area contributed by atoms with Crippen LogP contribution in [0, 0.1) is 0 Å². The Balaban J connectivity index is 1.69. The summed E-state index contributed by atoms with van der Waals surface area (Å²) in [5.74, 6) is -0.0375. The van der Waals surface area contributed by atoms with Crippen molar-refractivity contribution in [2.75, 3.05) is 57.7 Å². The summed E-state index contributed by atoms with van der Waals surface area (Å²) in [5, 5.41) is 10.4. The van der Waals surface area contributed by atoms with Crippen molar-refractivity contribution < 1.29 is 49.7 Å². The van der Waals surface area contributed by atoms with Crippen molar-refractivity contribution in [1.29, 1.82) is 0 Å². The Morgan fingerprint density at radius 2 is 1.58 bits per heavy atom. The molecule has 57 heavy (non-hydrogen) atoms. The van der Waals surface area contributed by atoms with Gasteiger partial charge in [-0.2, -0.15) is 16.8 Å². The third-order valence-electron chi connectivity index (χ3n) is 9.89. The van der Waals surface area contributed by atoms with Gasteiger partial charge >= 0.3 is 5.97 Å². The van der Waals surface area contributed by atoms with Crippen molar-refractivity contribution in [2.24, 2.45) is 0 Å². The topological polar surface area (TPSA) is 184 Å². The van der Waals surface area contributed by atoms with Crippen molar-refractivity contribution in [3.8, 4) is 11.3 Å². The average Bonchev–Trinajstić information content (AvgIpc) is 3.35. The van der Waals surface area contributed by atoms with E-state index in [2.05, 4.69) is 37.5 Å². The van der Waals surface area contributed by atoms with Crippen molar-refractivity contribution in [2.45, 2.75) is 69.1 Å². The monoisotopic (exact) mass is 827 g/mol. The van der Waals surface area contributed by atoms with Gasteiger partial charge in [-0.3, -0.25) is 13.9 Å². The third kappa shape index (κ3) is 12.3. The fraction of sp³-hybridized carbons (Fsp3) is 0.429. The van der Waals surface area contributed by atoms with Crippen molar-refractivity contribution in [1.82, 2.24) is 4.58 Å². The fourth-order valence-electron chi connectivity index (χ4n) is 7.05. The van der Waals surface area contributed by atoms with Crippen LogP contribution in [-0.4, -0.2) is 89.8 Å². The first kappa shape index (κ1) is 45.3. The summed E-state index contributed by atoms with van der Waals surface area (Å²) in [6.07, 6.45) is 13.4. The molecule has 0 spiro atoms. The number of benzene rings is 2. The fourth-order valence-corrected chi connectivity index (χ4v) is 8.05. The van der Waals surface area contributed by atoms with Gasteiger partial charge in [0.2, 0.25) is 5.36 Å². The summed E-state index contributed by atoms with van der Waals surface area (Å²) < 4.78 is 85.8. The molecular weight excluding hydrogens is 773 g/mol. The molecule has 1 unspecified atom stereocenters. The first-order valence-corrected chi connectivity index (χ1v) is 21.8. The molecular formula is C42H55N2O11S2+. The van der Waals surface area contributed by atoms with Crippen LogP contribution >= 0.6 is 0 Å². The van der Waals surface area contributed by atoms with E-state index in [1.807, 2.05) is 54.3 Å². The number of aliphatic carboxylic acids is 1. The number of ether oxygens (including phenoxy) is 2. The predicted molar refractivity (Wildman–Crippen MR) is 222 cm³/mol. The number of allylic oxidation sites excluding steroid dienone is 7. The van der Waals surface area contributed by atoms with E-state index in [-0.39, 0.29) is 36.1 Å². The molecule has 1 aromatic carbocycles. The smallest absolute Gasteiger partial charge is 0.303 e. The number of hydrogen-bond donors (Lipinski definition) is 3. The lowest BCUT2D eigenvalue weighted by Crippen LogP contribution is -2.35. The highest BCUT2D eigenvalue weighted by atomic mass is 32.2. The minimum Gasteiger partial charge on any atom is -0.481 e. The predicted octanol–water partition coefficient (Wildman–Crippen LogP) is 6.31. The number of carbonyl (C=O) groups is 1. The van der Waals surface area contributed by atoms with Gasteiger partial charge in [-0.05, 0) is 85.2 Å². The summed E-state index contributed by atoms with van der Waals surface area (Å²) in [5.41, 5.74) is 2.92. The number of rotatable bonds is 19. The number of anilines is 1. The zero-order valence-corrected chi connectivity index (χ0v) is 35.1. The molecule has 1 aromatic rings. The summed E-state index contributed by atoms with van der Waals surface area (Å²) in [6, 6.07) is 12.5. The number of carboxylic acids is 1. The molecule has 4 rings (SSSR count). The van der Waals surface area contributed by atoms with E-state index < -0.39 is 37.4 Å². The molecule has 0 bridgehead atoms. The molecule has 2 aliphatic heterocycles. The molecule has 13 nitrogen and oxygen atoms in total. The number of carboxylic acid groups (broad SMARTS) is 1. The van der Waals surface area contributed by atoms with Gasteiger partial charge in [0.05, 0.1) is 16.7 Å². The molecule has 0 saturated heterocycles. The van der Waals surface area contributed by atoms with Crippen molar-refractivity contribution in [3.05, 3.63) is 107 Å². The Morgan fingerprint density at radius 1 is 0.912 bits per heavy atom. The minimum atomic E-state index is -4.55. The molecule has 3 aliphatic rings. The maximum atomic E-state index is 12.1. The van der Waals surface area contributed by atoms with Crippen LogP contribution < -0.4 is 14.8 Å². The molecule has 0 aromatic heterocycles. The number of fused-ring (bicyclic) bond motifs is 2. The Labute approximate surface area is 336 Å². The van der Waals surface area contributed by atoms with Crippen LogP contribution in [0.25, 0.3) is 17.4 Å². The molecule has 0 saturated carbocycles. The quantitative estimate of drug-likeness (QED) is 0.0696. The van der Waals surface area contributed by atoms with E-state index in [0.717, 1.165) is 22.2 Å². The molecule has 0 fully saturated rings. The molecule has 1 atom stereocenters. The highest BCUT2D eigenvalue weighted by Crippen LogP contribution is 2.51. The Kier molecular flexibility index (Phi) is 15.4. The summed E-state index contributed by atoms with van der Waals surface area (Å²) >= 11 is 0. The van der Waals surface area contributed by atoms with Crippen LogP contribution in [0.4, 0.5) is 5.69 Å². The molecule has 0 radical (unpaired) electrons. The normalized spacial score (nSPS) is 17.2. The molecule has 2 heterocycles. The SMILES string of the molecule is COCC[N+](CCOC)=c1ccc2c(C(C)(C)C)cc(/C=C/C=C/C=C/C=C3/N(CCCS(=O)(=O)O)c4ccc(S(=O)(=O)O)cc4C3(C)CCCC(=O)O)oc-2c1. The van der Waals surface area contributed by atoms with Crippen LogP contribution in [0.5, 0.6) is 0 Å². The van der Waals surface area contributed by atoms with Crippen LogP contribution in [0.2, 0.25) is 0 Å². The summed E-state index contributed by atoms with van der Waals surface area (Å²) in [7, 11) is -5.44. The van der Waals surface area contributed by atoms with E-state index >= 15 is 0 Å². The standard InChI is InChI=1S/C42H54N2O11S2/c1-41(2,3)35-29-32(55-38-28-31(17-19-34(35)38)43(23-25-53-5)24-26-54-6)14-10-8-7-9-11-15-39-42(4,21-12-16-40(45)46)36-30-33(57(50,51)52)18-20-37(36)44(39)22-13-27-56(47,48)49/h7-11,14-15,17-20,28-30H,12-13,16,21-27H2,1-6H3,(H2-,45,46,47,48,49,50,51,52)/p+1. The Morgan fingerprint density at radius 3 is 2.19 bits per heavy atom. The second kappa shape index (κ2) is 19.4. The first-order valence-electron chi connectivity index (χ1n) is 18.7. The van der Waals surface area contributed by atoms with Crippen molar-refractivity contribution >= 4 is 38.0 Å². The lowest BCUT2D eigenvalue weighted by molar-refractivity contribution is -0.137. The van der Waals surface area contributed by atoms with Gasteiger partial charge in [-0.25, -0.2) is 4.58 Å². The van der Waals surface area contributed by atoms with Gasteiger partial charge in [-0.1, -0.05) is 51.2 Å². The largest absolute Gasteiger partial charge is 0.481 e. The molecule has 0 amide bonds. The average molecular weight is 828 g/mol. The van der Waals surface area contributed by atoms with Crippen LogP contribution in [0.1, 0.15) is 70.3 Å². The molecule has 15 heteroatoms. The van der Waals surface area contributed by atoms with Crippen LogP contribution in [0.15, 0.2) is 93.9 Å². The highest BCUT2D eigenvalue weighted by Gasteiger charge is 2.43. The Bertz CT molecular complexity index is 2270. The minimum absolute atomic E-state index is 0.0627. The first-order chi connectivity index (χ1) is 26.8. The zero-order valence-electron chi connectivity index (χ0n) is 33.5. The maximum Gasteiger partial charge on any atom is 0.303 e. The molecule has 310 valence electrons. The van der Waals surface area contributed by atoms with E-state index in [9.17, 15) is 35.8 Å². The summed E-state index contributed by atoms with van der Waals surface area (Å²) in [4.78, 5) is 13.0. The zero-order chi connectivity index (χ0) is 42.0. The third-order valence-corrected chi connectivity index (χ3v) is 11.5. The van der Waals surface area contributed by atoms with Crippen LogP contribution in [0.3, 0.4) is 0 Å². The van der Waals surface area contributed by atoms with Gasteiger partial charge in [-0.15, -0.1) is 0 Å². The summed E-state index contributed by atoms with van der Waals surface area (Å²) in [6.45, 7) is 11.0. The van der Waals surface area contributed by atoms with E-state index in [0.29, 0.717) is 55.4 Å². The second-order valence-corrected chi connectivity index (χ2v) is 18.2. The van der Waals surface area contributed by atoms with Crippen molar-refractivity contribution in [3.63, 3.8) is 0 Å². The second-order valence-electron chi connectivity index (χ2n) is 15.2. The van der Waals surface area contributed by atoms with Gasteiger partial charge in [0, 0.05) is 55.6 Å². The molecule has 1 aliphatic carbocycles. The Hall–Kier alpha value is -4.38. The number of methoxy groups -OCH3 is 2. The van der Waals surface area contributed by atoms with E-state index in [4.69, 9.17) is 13.9 Å². The van der Waals surface area contributed by atoms with Gasteiger partial charge in [0.1, 0.15) is 24.7 Å². The highest BCUT2D eigenvalue weighted by molar-refractivity contribution is 7.86. The maximum absolute atomic E-state index is 12.1. The lowest BCUT2D eigenvalue weighted by Gasteiger charge is -2.30. The van der Waals surface area contributed by atoms with Gasteiger partial charge < -0.3 is 23.9 Å². The van der Waals surface area contributed by atoms with Gasteiger partial charge in [0.15, 0.2) is 13.1 Å². The number of nitrogens with zero attached hydrogens (tertiary/aromatic N) is 2. The van der Waals surface area contributed by atoms with Gasteiger partial charge in [0.25, 0.3) is 20.2 Å². The van der Waals surface area contributed by atoms with E-state index in [1.54, 1.807) is 32.4 Å².